The number of carbonyl (C=O) groups is 2. The normalized spacial score (nSPS) is 9.44. The summed E-state index contributed by atoms with van der Waals surface area (Å²) in [6, 6.07) is 3.63. The molecule has 96 valence electrons. The molecule has 2 N–H and O–H groups in total. The summed E-state index contributed by atoms with van der Waals surface area (Å²) in [5.74, 6) is -0.778. The van der Waals surface area contributed by atoms with Crippen molar-refractivity contribution in [2.24, 2.45) is 5.10 Å². The van der Waals surface area contributed by atoms with Gasteiger partial charge in [0.15, 0.2) is 0 Å². The number of rotatable bonds is 5. The molecule has 0 fully saturated rings. The minimum Gasteiger partial charge on any atom is -0.352 e. The van der Waals surface area contributed by atoms with E-state index in [9.17, 15) is 9.59 Å². The molecule has 1 heterocycles. The molecule has 0 bridgehead atoms. The molecule has 0 aromatic carbocycles. The monoisotopic (exact) mass is 248 g/mol. The van der Waals surface area contributed by atoms with E-state index in [1.807, 2.05) is 6.07 Å². The van der Waals surface area contributed by atoms with Gasteiger partial charge in [0.25, 0.3) is 0 Å². The summed E-state index contributed by atoms with van der Waals surface area (Å²) >= 11 is 0. The maximum atomic E-state index is 11.4. The Morgan fingerprint density at radius 1 is 1.33 bits per heavy atom. The number of hydrogen-bond acceptors (Lipinski definition) is 4. The molecule has 6 nitrogen and oxygen atoms in total. The van der Waals surface area contributed by atoms with Crippen LogP contribution in [0.15, 0.2) is 29.6 Å². The standard InChI is InChI=1S/C12H16N4O2/c1-9(2)15-16-12(18)6-11(17)14-8-10-4-3-5-13-7-10/h3-5,7H,6,8H2,1-2H3,(H,14,17)(H,16,18). The molecular weight excluding hydrogens is 232 g/mol. The average Bonchev–Trinajstić information content (AvgIpc) is 2.35. The van der Waals surface area contributed by atoms with Crippen LogP contribution in [0.25, 0.3) is 0 Å². The van der Waals surface area contributed by atoms with Gasteiger partial charge in [-0.1, -0.05) is 6.07 Å². The van der Waals surface area contributed by atoms with Gasteiger partial charge in [-0.05, 0) is 25.5 Å². The lowest BCUT2D eigenvalue weighted by molar-refractivity contribution is -0.129. The molecule has 0 aliphatic rings. The molecule has 1 aromatic heterocycles. The quantitative estimate of drug-likeness (QED) is 0.454. The van der Waals surface area contributed by atoms with Gasteiger partial charge in [0, 0.05) is 24.7 Å². The van der Waals surface area contributed by atoms with Crippen LogP contribution in [0.1, 0.15) is 25.8 Å². The Balaban J connectivity index is 2.30. The minimum absolute atomic E-state index is 0.239. The van der Waals surface area contributed by atoms with Gasteiger partial charge in [0.2, 0.25) is 11.8 Å². The summed E-state index contributed by atoms with van der Waals surface area (Å²) in [6.07, 6.45) is 3.08. The van der Waals surface area contributed by atoms with E-state index in [1.165, 1.54) is 0 Å². The number of aromatic nitrogens is 1. The first-order chi connectivity index (χ1) is 8.58. The maximum absolute atomic E-state index is 11.4. The van der Waals surface area contributed by atoms with E-state index in [0.29, 0.717) is 6.54 Å². The molecule has 6 heteroatoms. The number of nitrogens with zero attached hydrogens (tertiary/aromatic N) is 2. The highest BCUT2D eigenvalue weighted by Gasteiger charge is 2.08. The molecule has 0 saturated heterocycles. The third-order valence-corrected chi connectivity index (χ3v) is 1.94. The Bertz CT molecular complexity index is 439. The van der Waals surface area contributed by atoms with Crippen molar-refractivity contribution in [2.75, 3.05) is 0 Å². The van der Waals surface area contributed by atoms with Crippen LogP contribution in [0.2, 0.25) is 0 Å². The summed E-state index contributed by atoms with van der Waals surface area (Å²) in [5, 5.41) is 6.35. The van der Waals surface area contributed by atoms with Crippen LogP contribution in [0.5, 0.6) is 0 Å². The molecule has 0 radical (unpaired) electrons. The third kappa shape index (κ3) is 5.74. The Morgan fingerprint density at radius 2 is 2.11 bits per heavy atom. The maximum Gasteiger partial charge on any atom is 0.249 e. The number of hydrogen-bond donors (Lipinski definition) is 2. The van der Waals surface area contributed by atoms with Gasteiger partial charge in [-0.15, -0.1) is 0 Å². The van der Waals surface area contributed by atoms with Crippen LogP contribution in [0.4, 0.5) is 0 Å². The SMILES string of the molecule is CC(C)=NNC(=O)CC(=O)NCc1cccnc1. The van der Waals surface area contributed by atoms with E-state index in [-0.39, 0.29) is 12.3 Å². The van der Waals surface area contributed by atoms with Crippen LogP contribution in [-0.2, 0) is 16.1 Å². The van der Waals surface area contributed by atoms with Crippen LogP contribution in [0, 0.1) is 0 Å². The topological polar surface area (TPSA) is 83.5 Å². The molecular formula is C12H16N4O2. The molecule has 0 saturated carbocycles. The fourth-order valence-electron chi connectivity index (χ4n) is 1.13. The zero-order valence-electron chi connectivity index (χ0n) is 10.4. The summed E-state index contributed by atoms with van der Waals surface area (Å²) < 4.78 is 0. The van der Waals surface area contributed by atoms with Crippen LogP contribution < -0.4 is 10.7 Å². The highest BCUT2D eigenvalue weighted by Crippen LogP contribution is 1.94. The van der Waals surface area contributed by atoms with Gasteiger partial charge in [-0.3, -0.25) is 14.6 Å². The lowest BCUT2D eigenvalue weighted by Gasteiger charge is -2.04. The smallest absolute Gasteiger partial charge is 0.249 e. The number of amides is 2. The van der Waals surface area contributed by atoms with Gasteiger partial charge >= 0.3 is 0 Å². The van der Waals surface area contributed by atoms with E-state index < -0.39 is 5.91 Å². The van der Waals surface area contributed by atoms with Crippen molar-refractivity contribution in [1.82, 2.24) is 15.7 Å². The van der Waals surface area contributed by atoms with Crippen LogP contribution in [0.3, 0.4) is 0 Å². The first kappa shape index (κ1) is 13.8. The summed E-state index contributed by atoms with van der Waals surface area (Å²) in [6.45, 7) is 3.86. The molecule has 0 aliphatic heterocycles. The van der Waals surface area contributed by atoms with Crippen molar-refractivity contribution in [2.45, 2.75) is 26.8 Å². The van der Waals surface area contributed by atoms with Gasteiger partial charge < -0.3 is 5.32 Å². The van der Waals surface area contributed by atoms with E-state index in [1.54, 1.807) is 32.3 Å². The minimum atomic E-state index is -0.431. The van der Waals surface area contributed by atoms with Crippen molar-refractivity contribution in [3.05, 3.63) is 30.1 Å². The molecule has 1 rings (SSSR count). The van der Waals surface area contributed by atoms with E-state index >= 15 is 0 Å². The van der Waals surface area contributed by atoms with Crippen molar-refractivity contribution >= 4 is 17.5 Å². The van der Waals surface area contributed by atoms with Crippen molar-refractivity contribution in [1.29, 1.82) is 0 Å². The summed E-state index contributed by atoms with van der Waals surface area (Å²) in [5.41, 5.74) is 3.89. The lowest BCUT2D eigenvalue weighted by Crippen LogP contribution is -2.29. The molecule has 0 aliphatic carbocycles. The largest absolute Gasteiger partial charge is 0.352 e. The number of carbonyl (C=O) groups excluding carboxylic acids is 2. The first-order valence-electron chi connectivity index (χ1n) is 5.53. The Hall–Kier alpha value is -2.24. The number of nitrogens with one attached hydrogen (secondary N) is 2. The number of hydrazone groups is 1. The third-order valence-electron chi connectivity index (χ3n) is 1.94. The Kier molecular flexibility index (Phi) is 5.50. The van der Waals surface area contributed by atoms with Crippen molar-refractivity contribution < 1.29 is 9.59 Å². The van der Waals surface area contributed by atoms with E-state index in [0.717, 1.165) is 11.3 Å². The van der Waals surface area contributed by atoms with Gasteiger partial charge in [-0.2, -0.15) is 5.10 Å². The summed E-state index contributed by atoms with van der Waals surface area (Å²) in [4.78, 5) is 26.6. The van der Waals surface area contributed by atoms with Crippen molar-refractivity contribution in [3.63, 3.8) is 0 Å². The second-order valence-corrected chi connectivity index (χ2v) is 3.91. The predicted octanol–water partition coefficient (Wildman–Crippen LogP) is 0.600. The predicted molar refractivity (Wildman–Crippen MR) is 67.6 cm³/mol. The lowest BCUT2D eigenvalue weighted by atomic mass is 10.3. The van der Waals surface area contributed by atoms with Gasteiger partial charge in [-0.25, -0.2) is 5.43 Å². The molecule has 2 amide bonds. The first-order valence-corrected chi connectivity index (χ1v) is 5.53. The second kappa shape index (κ2) is 7.16. The molecule has 0 spiro atoms. The fourth-order valence-corrected chi connectivity index (χ4v) is 1.13. The molecule has 18 heavy (non-hydrogen) atoms. The summed E-state index contributed by atoms with van der Waals surface area (Å²) in [7, 11) is 0. The zero-order chi connectivity index (χ0) is 13.4. The highest BCUT2D eigenvalue weighted by molar-refractivity contribution is 5.97. The Labute approximate surface area is 105 Å². The van der Waals surface area contributed by atoms with Crippen LogP contribution in [-0.4, -0.2) is 22.5 Å². The molecule has 0 unspecified atom stereocenters. The second-order valence-electron chi connectivity index (χ2n) is 3.91. The fraction of sp³-hybridized carbons (Fsp3) is 0.333. The average molecular weight is 248 g/mol. The number of pyridine rings is 1. The van der Waals surface area contributed by atoms with E-state index in [2.05, 4.69) is 20.8 Å². The molecule has 1 aromatic rings. The van der Waals surface area contributed by atoms with E-state index in [4.69, 9.17) is 0 Å². The van der Waals surface area contributed by atoms with Crippen molar-refractivity contribution in [3.8, 4) is 0 Å². The van der Waals surface area contributed by atoms with Gasteiger partial charge in [0.1, 0.15) is 6.42 Å². The molecule has 0 atom stereocenters. The van der Waals surface area contributed by atoms with Gasteiger partial charge in [0.05, 0.1) is 0 Å². The highest BCUT2D eigenvalue weighted by atomic mass is 16.2. The zero-order valence-corrected chi connectivity index (χ0v) is 10.4. The van der Waals surface area contributed by atoms with Crippen LogP contribution >= 0.6 is 0 Å². The Morgan fingerprint density at radius 3 is 2.72 bits per heavy atom.